The van der Waals surface area contributed by atoms with Gasteiger partial charge in [0.2, 0.25) is 11.8 Å². The van der Waals surface area contributed by atoms with Crippen molar-refractivity contribution in [2.24, 2.45) is 0 Å². The SMILES string of the molecule is CC(=O)N[C@H]1[C@H](O[C@H]2[C@H](O)[C@@H](O)[C@H](O[C@H]3[C@@H](O)[C@@H](COS(=O)(=O)O)O[C@@H](O[C@@H]4[C@H](O)[C@@H](O)C(O)O[C@@H]4C(=O)O)[C@@H]3NC(C)=O)O[C@@H]2C(=O)O)O[C@H](CO)[C@H](OS(=O)(=O)O)[C@@H]1O[C@@H]1O[C@H](C(=O)O)[C@@H](O)[C@H](O)[C@H]1O. The lowest BCUT2D eigenvalue weighted by Crippen LogP contribution is -2.71. The number of carbonyl (C=O) groups excluding carboxylic acids is 2. The predicted octanol–water partition coefficient (Wildman–Crippen LogP) is -11.7. The van der Waals surface area contributed by atoms with Crippen molar-refractivity contribution in [3.05, 3.63) is 0 Å². The maximum atomic E-state index is 12.9. The first kappa shape index (κ1) is 60.2. The standard InChI is InChI=1S/C34H52N2O35S2/c1-5(38)35-9-20(11(40)8(4-61-72(55,56)57)63-31(9)67-22-14(43)16(45)30(54)64-25(22)28(50)51)65-34-18(47)15(44)23(26(70-34)29(52)53)68-32-10(36-6(2)39)21(19(7(3-37)62-32)71-73(58,59)60)66-33-17(46)12(41)13(42)24(69-33)27(48)49/h7-26,30-34,37,40-47,54H,3-4H2,1-2H3,(H,35,38)(H,36,39)(H,48,49)(H,50,51)(H,52,53)(H,55,56,57)(H,58,59,60)/t7-,8-,9-,10-,11+,12+,13+,14-,15-,16-,17-,18-,19+,20-,21-,22-,23+,24+,25+,26+,30?,31+,32+,33-,34-/m1/s1. The highest BCUT2D eigenvalue weighted by atomic mass is 32.3. The second kappa shape index (κ2) is 24.1. The number of carboxylic acid groups (broad SMARTS) is 3. The summed E-state index contributed by atoms with van der Waals surface area (Å²) < 4.78 is 124. The maximum absolute atomic E-state index is 12.9. The number of carboxylic acids is 3. The number of nitrogens with one attached hydrogen (secondary N) is 2. The fraction of sp³-hybridized carbons (Fsp3) is 0.853. The van der Waals surface area contributed by atoms with Crippen LogP contribution in [0.4, 0.5) is 0 Å². The van der Waals surface area contributed by atoms with Crippen LogP contribution < -0.4 is 10.6 Å². The van der Waals surface area contributed by atoms with Gasteiger partial charge < -0.3 is 120 Å². The number of amides is 2. The van der Waals surface area contributed by atoms with Crippen LogP contribution in [0.2, 0.25) is 0 Å². The van der Waals surface area contributed by atoms with Crippen molar-refractivity contribution in [3.8, 4) is 0 Å². The van der Waals surface area contributed by atoms with Crippen molar-refractivity contribution in [2.75, 3.05) is 13.2 Å². The molecule has 0 bridgehead atoms. The highest BCUT2D eigenvalue weighted by molar-refractivity contribution is 7.81. The third-order valence-electron chi connectivity index (χ3n) is 11.4. The van der Waals surface area contributed by atoms with E-state index in [1.54, 1.807) is 0 Å². The van der Waals surface area contributed by atoms with Gasteiger partial charge in [-0.2, -0.15) is 16.8 Å². The van der Waals surface area contributed by atoms with Crippen molar-refractivity contribution in [2.45, 2.75) is 167 Å². The van der Waals surface area contributed by atoms with E-state index in [2.05, 4.69) is 19.0 Å². The van der Waals surface area contributed by atoms with Crippen molar-refractivity contribution < 1.29 is 167 Å². The molecule has 1 unspecified atom stereocenters. The number of hydrogen-bond acceptors (Lipinski definition) is 30. The molecule has 37 nitrogen and oxygen atoms in total. The first-order valence-corrected chi connectivity index (χ1v) is 23.6. The molecule has 5 saturated heterocycles. The number of hydrogen-bond donors (Lipinski definition) is 17. The van der Waals surface area contributed by atoms with Crippen LogP contribution >= 0.6 is 0 Å². The second-order valence-electron chi connectivity index (χ2n) is 16.6. The number of carbonyl (C=O) groups is 5. The maximum Gasteiger partial charge on any atom is 0.397 e. The Morgan fingerprint density at radius 1 is 0.466 bits per heavy atom. The molecule has 0 aromatic carbocycles. The third kappa shape index (κ3) is 14.2. The van der Waals surface area contributed by atoms with E-state index in [4.69, 9.17) is 42.6 Å². The second-order valence-corrected chi connectivity index (χ2v) is 18.7. The largest absolute Gasteiger partial charge is 0.479 e. The lowest BCUT2D eigenvalue weighted by Gasteiger charge is -2.50. The van der Waals surface area contributed by atoms with Gasteiger partial charge in [-0.15, -0.1) is 0 Å². The first-order valence-electron chi connectivity index (χ1n) is 20.9. The number of aliphatic hydroxyl groups excluding tert-OH is 10. The Balaban J connectivity index is 1.51. The average Bonchev–Trinajstić information content (AvgIpc) is 3.27. The van der Waals surface area contributed by atoms with E-state index >= 15 is 0 Å². The number of ether oxygens (including phenoxy) is 9. The summed E-state index contributed by atoms with van der Waals surface area (Å²) in [6, 6.07) is -4.32. The molecule has 39 heteroatoms. The summed E-state index contributed by atoms with van der Waals surface area (Å²) in [6.07, 6.45) is -55.3. The van der Waals surface area contributed by atoms with Crippen LogP contribution in [-0.4, -0.2) is 289 Å². The van der Waals surface area contributed by atoms with Crippen LogP contribution in [0.25, 0.3) is 0 Å². The van der Waals surface area contributed by atoms with E-state index in [1.165, 1.54) is 0 Å². The molecule has 5 fully saturated rings. The molecule has 73 heavy (non-hydrogen) atoms. The summed E-state index contributed by atoms with van der Waals surface area (Å²) in [5.74, 6) is -8.22. The summed E-state index contributed by atoms with van der Waals surface area (Å²) in [6.45, 7) is -1.16. The third-order valence-corrected chi connectivity index (χ3v) is 12.3. The van der Waals surface area contributed by atoms with Crippen LogP contribution in [-0.2, 0) is 95.8 Å². The molecule has 0 aliphatic carbocycles. The zero-order chi connectivity index (χ0) is 54.9. The fourth-order valence-corrected chi connectivity index (χ4v) is 8.95. The summed E-state index contributed by atoms with van der Waals surface area (Å²) in [7, 11) is -11.0. The predicted molar refractivity (Wildman–Crippen MR) is 212 cm³/mol. The minimum Gasteiger partial charge on any atom is -0.479 e. The van der Waals surface area contributed by atoms with Gasteiger partial charge in [-0.05, 0) is 0 Å². The minimum atomic E-state index is -5.66. The normalized spacial score (nSPS) is 43.6. The zero-order valence-corrected chi connectivity index (χ0v) is 38.7. The molecule has 0 spiro atoms. The van der Waals surface area contributed by atoms with E-state index in [0.29, 0.717) is 0 Å². The van der Waals surface area contributed by atoms with E-state index < -0.39 is 217 Å². The minimum absolute atomic E-state index is 0.791. The molecule has 5 aliphatic rings. The monoisotopic (exact) mass is 1110 g/mol. The van der Waals surface area contributed by atoms with Gasteiger partial charge in [0.25, 0.3) is 0 Å². The van der Waals surface area contributed by atoms with E-state index in [1.807, 2.05) is 0 Å². The average molecular weight is 1110 g/mol. The molecule has 0 radical (unpaired) electrons. The van der Waals surface area contributed by atoms with Crippen LogP contribution in [0.5, 0.6) is 0 Å². The first-order chi connectivity index (χ1) is 33.8. The smallest absolute Gasteiger partial charge is 0.397 e. The van der Waals surface area contributed by atoms with Gasteiger partial charge in [0.05, 0.1) is 13.2 Å². The number of aliphatic carboxylic acids is 3. The number of rotatable bonds is 19. The van der Waals surface area contributed by atoms with Crippen LogP contribution in [0.3, 0.4) is 0 Å². The molecule has 5 heterocycles. The van der Waals surface area contributed by atoms with Crippen LogP contribution in [0, 0.1) is 0 Å². The van der Waals surface area contributed by atoms with Gasteiger partial charge in [-0.3, -0.25) is 18.7 Å². The van der Waals surface area contributed by atoms with Gasteiger partial charge >= 0.3 is 38.7 Å². The summed E-state index contributed by atoms with van der Waals surface area (Å²) in [5.41, 5.74) is 0. The molecule has 17 N–H and O–H groups in total. The van der Waals surface area contributed by atoms with Gasteiger partial charge in [-0.25, -0.2) is 22.7 Å². The lowest BCUT2D eigenvalue weighted by atomic mass is 9.93. The summed E-state index contributed by atoms with van der Waals surface area (Å²) in [4.78, 5) is 62.0. The highest BCUT2D eigenvalue weighted by Gasteiger charge is 2.60. The van der Waals surface area contributed by atoms with Crippen LogP contribution in [0.1, 0.15) is 13.8 Å². The van der Waals surface area contributed by atoms with Crippen molar-refractivity contribution in [3.63, 3.8) is 0 Å². The molecule has 5 aliphatic heterocycles. The Labute approximate surface area is 408 Å². The van der Waals surface area contributed by atoms with Gasteiger partial charge in [0.15, 0.2) is 49.8 Å². The molecule has 2 amide bonds. The van der Waals surface area contributed by atoms with Gasteiger partial charge in [0, 0.05) is 13.8 Å². The van der Waals surface area contributed by atoms with Crippen molar-refractivity contribution in [1.29, 1.82) is 0 Å². The van der Waals surface area contributed by atoms with Gasteiger partial charge in [-0.1, -0.05) is 0 Å². The summed E-state index contributed by atoms with van der Waals surface area (Å²) >= 11 is 0. The Bertz CT molecular complexity index is 2190. The van der Waals surface area contributed by atoms with E-state index in [-0.39, 0.29) is 0 Å². The molecule has 0 aromatic rings. The molecular formula is C34H52N2O35S2. The fourth-order valence-electron chi connectivity index (χ4n) is 8.13. The van der Waals surface area contributed by atoms with E-state index in [9.17, 15) is 116 Å². The van der Waals surface area contributed by atoms with Crippen LogP contribution in [0.15, 0.2) is 0 Å². The molecule has 0 saturated carbocycles. The molecular weight excluding hydrogens is 1060 g/mol. The Morgan fingerprint density at radius 2 is 0.890 bits per heavy atom. The van der Waals surface area contributed by atoms with Gasteiger partial charge in [0.1, 0.15) is 104 Å². The van der Waals surface area contributed by atoms with E-state index in [0.717, 1.165) is 13.8 Å². The quantitative estimate of drug-likeness (QED) is 0.0534. The lowest BCUT2D eigenvalue weighted by molar-refractivity contribution is -0.373. The Kier molecular flexibility index (Phi) is 19.9. The topological polar surface area (TPSA) is 583 Å². The molecule has 5 rings (SSSR count). The van der Waals surface area contributed by atoms with Crippen molar-refractivity contribution >= 4 is 50.5 Å². The van der Waals surface area contributed by atoms with Crippen molar-refractivity contribution in [1.82, 2.24) is 10.6 Å². The Morgan fingerprint density at radius 3 is 1.36 bits per heavy atom. The zero-order valence-electron chi connectivity index (χ0n) is 37.0. The molecule has 0 aromatic heterocycles. The molecule has 25 atom stereocenters. The Hall–Kier alpha value is -3.67. The number of aliphatic hydroxyl groups is 10. The summed E-state index contributed by atoms with van der Waals surface area (Å²) in [5, 5.41) is 141. The molecule has 420 valence electrons. The highest BCUT2D eigenvalue weighted by Crippen LogP contribution is 2.37.